The number of nitrogens with one attached hydrogen (secondary N) is 3. The summed E-state index contributed by atoms with van der Waals surface area (Å²) in [4.78, 5) is 24.5. The summed E-state index contributed by atoms with van der Waals surface area (Å²) in [5, 5.41) is 9.35. The highest BCUT2D eigenvalue weighted by atomic mass is 35.5. The van der Waals surface area contributed by atoms with Crippen molar-refractivity contribution >= 4 is 57.3 Å². The molecule has 3 aromatic carbocycles. The number of piperidine rings is 1. The maximum atomic E-state index is 13.4. The molecular formula is C27H28Cl3N3O5S. The van der Waals surface area contributed by atoms with Gasteiger partial charge in [0.05, 0.1) is 16.5 Å². The van der Waals surface area contributed by atoms with Crippen LogP contribution in [0, 0.1) is 5.92 Å². The first-order chi connectivity index (χ1) is 18.2. The molecule has 3 N–H and O–H groups in total. The molecule has 4 rings (SSSR count). The smallest absolute Gasteiger partial charge is 0.251 e. The van der Waals surface area contributed by atoms with E-state index < -0.39 is 15.7 Å². The van der Waals surface area contributed by atoms with Crippen LogP contribution < -0.4 is 20.7 Å². The van der Waals surface area contributed by atoms with E-state index in [1.54, 1.807) is 24.3 Å². The molecule has 3 aromatic rings. The molecule has 0 saturated carbocycles. The minimum atomic E-state index is -3.99. The van der Waals surface area contributed by atoms with Crippen LogP contribution in [-0.2, 0) is 14.6 Å². The summed E-state index contributed by atoms with van der Waals surface area (Å²) in [5.41, 5.74) is 0.229. The molecule has 1 fully saturated rings. The summed E-state index contributed by atoms with van der Waals surface area (Å²) in [7, 11) is -3.99. The molecule has 0 atom stereocenters. The monoisotopic (exact) mass is 611 g/mol. The van der Waals surface area contributed by atoms with Crippen LogP contribution in [0.5, 0.6) is 11.5 Å². The maximum absolute atomic E-state index is 13.4. The Morgan fingerprint density at radius 3 is 2.31 bits per heavy atom. The largest absolute Gasteiger partial charge is 0.454 e. The molecule has 1 heterocycles. The standard InChI is InChI=1S/C27H27Cl2N3O5S.ClH/c28-20-7-10-23(22(29)15-20)37-24-3-1-2-4-25(24)38(35,36)21-8-5-19(6-9-21)27(34)32-17-26(33)31-16-18-11-13-30-14-12-18;/h1-10,15,18,30H,11-14,16-17H2,(H,31,33)(H,32,34);1H. The lowest BCUT2D eigenvalue weighted by Gasteiger charge is -2.22. The second-order valence-electron chi connectivity index (χ2n) is 8.83. The van der Waals surface area contributed by atoms with Crippen molar-refractivity contribution in [1.29, 1.82) is 0 Å². The van der Waals surface area contributed by atoms with Gasteiger partial charge in [0, 0.05) is 17.1 Å². The second kappa shape index (κ2) is 14.0. The lowest BCUT2D eigenvalue weighted by molar-refractivity contribution is -0.120. The minimum absolute atomic E-state index is 0. The first-order valence-corrected chi connectivity index (χ1v) is 14.3. The van der Waals surface area contributed by atoms with Crippen LogP contribution >= 0.6 is 35.6 Å². The summed E-state index contributed by atoms with van der Waals surface area (Å²) in [6.07, 6.45) is 2.01. The molecule has 8 nitrogen and oxygen atoms in total. The molecule has 1 saturated heterocycles. The van der Waals surface area contributed by atoms with E-state index in [2.05, 4.69) is 16.0 Å². The molecule has 0 radical (unpaired) electrons. The fourth-order valence-electron chi connectivity index (χ4n) is 4.01. The van der Waals surface area contributed by atoms with Gasteiger partial charge < -0.3 is 20.7 Å². The van der Waals surface area contributed by atoms with Crippen molar-refractivity contribution in [3.05, 3.63) is 82.3 Å². The molecule has 1 aliphatic heterocycles. The lowest BCUT2D eigenvalue weighted by Crippen LogP contribution is -2.40. The number of hydrogen-bond acceptors (Lipinski definition) is 6. The molecule has 39 heavy (non-hydrogen) atoms. The average Bonchev–Trinajstić information content (AvgIpc) is 2.93. The van der Waals surface area contributed by atoms with Gasteiger partial charge in [0.1, 0.15) is 16.4 Å². The number of benzene rings is 3. The second-order valence-corrected chi connectivity index (χ2v) is 11.6. The molecule has 0 bridgehead atoms. The Labute approximate surface area is 243 Å². The van der Waals surface area contributed by atoms with E-state index in [1.807, 2.05) is 0 Å². The molecule has 0 aromatic heterocycles. The van der Waals surface area contributed by atoms with Crippen molar-refractivity contribution < 1.29 is 22.7 Å². The summed E-state index contributed by atoms with van der Waals surface area (Å²) in [6.45, 7) is 2.30. The predicted octanol–water partition coefficient (Wildman–Crippen LogP) is 4.89. The number of hydrogen-bond donors (Lipinski definition) is 3. The number of rotatable bonds is 9. The zero-order chi connectivity index (χ0) is 27.1. The lowest BCUT2D eigenvalue weighted by atomic mass is 9.98. The third kappa shape index (κ3) is 8.09. The van der Waals surface area contributed by atoms with Crippen LogP contribution in [0.25, 0.3) is 0 Å². The number of carbonyl (C=O) groups excluding carboxylic acids is 2. The molecule has 0 aliphatic carbocycles. The van der Waals surface area contributed by atoms with Crippen LogP contribution in [-0.4, -0.2) is 46.4 Å². The van der Waals surface area contributed by atoms with Crippen molar-refractivity contribution in [2.45, 2.75) is 22.6 Å². The maximum Gasteiger partial charge on any atom is 0.251 e. The summed E-state index contributed by atoms with van der Waals surface area (Å²) in [5.74, 6) is 0.0317. The van der Waals surface area contributed by atoms with Crippen LogP contribution in [0.1, 0.15) is 23.2 Å². The molecule has 1 aliphatic rings. The highest BCUT2D eigenvalue weighted by molar-refractivity contribution is 7.91. The normalized spacial score (nSPS) is 13.7. The third-order valence-electron chi connectivity index (χ3n) is 6.14. The van der Waals surface area contributed by atoms with E-state index in [4.69, 9.17) is 27.9 Å². The van der Waals surface area contributed by atoms with Gasteiger partial charge in [-0.2, -0.15) is 0 Å². The number of para-hydroxylation sites is 1. The van der Waals surface area contributed by atoms with E-state index >= 15 is 0 Å². The number of amides is 2. The molecular weight excluding hydrogens is 585 g/mol. The fraction of sp³-hybridized carbons (Fsp3) is 0.259. The van der Waals surface area contributed by atoms with Crippen molar-refractivity contribution in [3.63, 3.8) is 0 Å². The summed E-state index contributed by atoms with van der Waals surface area (Å²) >= 11 is 12.1. The molecule has 2 amide bonds. The van der Waals surface area contributed by atoms with Gasteiger partial charge in [-0.15, -0.1) is 12.4 Å². The fourth-order valence-corrected chi connectivity index (χ4v) is 5.84. The van der Waals surface area contributed by atoms with Gasteiger partial charge in [0.25, 0.3) is 5.91 Å². The van der Waals surface area contributed by atoms with Gasteiger partial charge >= 0.3 is 0 Å². The van der Waals surface area contributed by atoms with Gasteiger partial charge in [-0.25, -0.2) is 8.42 Å². The van der Waals surface area contributed by atoms with E-state index in [0.717, 1.165) is 25.9 Å². The molecule has 208 valence electrons. The van der Waals surface area contributed by atoms with E-state index in [9.17, 15) is 18.0 Å². The number of ether oxygens (including phenoxy) is 1. The van der Waals surface area contributed by atoms with Crippen molar-refractivity contribution in [3.8, 4) is 11.5 Å². The van der Waals surface area contributed by atoms with Gasteiger partial charge in [-0.1, -0.05) is 35.3 Å². The number of carbonyl (C=O) groups is 2. The average molecular weight is 613 g/mol. The number of halogens is 3. The van der Waals surface area contributed by atoms with E-state index in [0.29, 0.717) is 17.5 Å². The first kappa shape index (κ1) is 30.7. The Morgan fingerprint density at radius 1 is 0.923 bits per heavy atom. The van der Waals surface area contributed by atoms with Crippen molar-refractivity contribution in [2.24, 2.45) is 5.92 Å². The number of sulfone groups is 1. The van der Waals surface area contributed by atoms with E-state index in [1.165, 1.54) is 42.5 Å². The summed E-state index contributed by atoms with van der Waals surface area (Å²) < 4.78 is 32.6. The quantitative estimate of drug-likeness (QED) is 0.317. The van der Waals surface area contributed by atoms with Gasteiger partial charge in [-0.3, -0.25) is 9.59 Å². The zero-order valence-corrected chi connectivity index (χ0v) is 23.9. The van der Waals surface area contributed by atoms with Crippen molar-refractivity contribution in [1.82, 2.24) is 16.0 Å². The molecule has 0 spiro atoms. The topological polar surface area (TPSA) is 114 Å². The Balaban J connectivity index is 0.00000420. The Hall–Kier alpha value is -2.82. The van der Waals surface area contributed by atoms with Gasteiger partial charge in [0.15, 0.2) is 0 Å². The highest BCUT2D eigenvalue weighted by Crippen LogP contribution is 2.36. The molecule has 12 heteroatoms. The van der Waals surface area contributed by atoms with Crippen LogP contribution in [0.2, 0.25) is 10.0 Å². The van der Waals surface area contributed by atoms with Gasteiger partial charge in [0.2, 0.25) is 15.7 Å². The highest BCUT2D eigenvalue weighted by Gasteiger charge is 2.23. The zero-order valence-electron chi connectivity index (χ0n) is 20.8. The molecule has 0 unspecified atom stereocenters. The first-order valence-electron chi connectivity index (χ1n) is 12.1. The Morgan fingerprint density at radius 2 is 1.62 bits per heavy atom. The SMILES string of the molecule is Cl.O=C(CNC(=O)c1ccc(S(=O)(=O)c2ccccc2Oc2ccc(Cl)cc2Cl)cc1)NCC1CCNCC1. The Bertz CT molecular complexity index is 1410. The van der Waals surface area contributed by atoms with Crippen LogP contribution in [0.15, 0.2) is 76.5 Å². The minimum Gasteiger partial charge on any atom is -0.454 e. The third-order valence-corrected chi connectivity index (χ3v) is 8.47. The van der Waals surface area contributed by atoms with Crippen LogP contribution in [0.3, 0.4) is 0 Å². The van der Waals surface area contributed by atoms with Gasteiger partial charge in [-0.05, 0) is 86.4 Å². The predicted molar refractivity (Wildman–Crippen MR) is 153 cm³/mol. The van der Waals surface area contributed by atoms with E-state index in [-0.39, 0.29) is 56.7 Å². The van der Waals surface area contributed by atoms with Crippen molar-refractivity contribution in [2.75, 3.05) is 26.2 Å². The summed E-state index contributed by atoms with van der Waals surface area (Å²) in [6, 6.07) is 16.3. The Kier molecular flexibility index (Phi) is 11.0. The van der Waals surface area contributed by atoms with Crippen LogP contribution in [0.4, 0.5) is 0 Å².